The molecule has 2 aromatic rings. The zero-order valence-corrected chi connectivity index (χ0v) is 13.6. The maximum absolute atomic E-state index is 12.0. The van der Waals surface area contributed by atoms with E-state index in [9.17, 15) is 9.90 Å². The van der Waals surface area contributed by atoms with Crippen molar-refractivity contribution in [1.82, 2.24) is 14.9 Å². The number of rotatable bonds is 7. The van der Waals surface area contributed by atoms with Crippen LogP contribution in [0.1, 0.15) is 30.1 Å². The van der Waals surface area contributed by atoms with Crippen molar-refractivity contribution in [2.24, 2.45) is 0 Å². The van der Waals surface area contributed by atoms with Gasteiger partial charge in [0.15, 0.2) is 5.16 Å². The summed E-state index contributed by atoms with van der Waals surface area (Å²) in [5, 5.41) is 13.3. The van der Waals surface area contributed by atoms with Crippen LogP contribution >= 0.6 is 11.8 Å². The number of aliphatic hydroxyl groups excluding tert-OH is 1. The summed E-state index contributed by atoms with van der Waals surface area (Å²) in [6.45, 7) is 2.29. The number of thioether (sulfide) groups is 1. The zero-order valence-electron chi connectivity index (χ0n) is 12.8. The Balaban J connectivity index is 2.01. The van der Waals surface area contributed by atoms with Crippen molar-refractivity contribution in [2.45, 2.75) is 31.0 Å². The Labute approximate surface area is 134 Å². The number of amides is 1. The molecule has 0 aliphatic carbocycles. The first-order valence-corrected chi connectivity index (χ1v) is 8.52. The van der Waals surface area contributed by atoms with Crippen molar-refractivity contribution in [1.29, 1.82) is 0 Å². The molecule has 1 aromatic heterocycles. The van der Waals surface area contributed by atoms with Crippen LogP contribution in [0.2, 0.25) is 0 Å². The molecule has 1 heterocycles. The van der Waals surface area contributed by atoms with Crippen LogP contribution in [0.15, 0.2) is 41.8 Å². The fourth-order valence-electron chi connectivity index (χ4n) is 2.16. The van der Waals surface area contributed by atoms with Gasteiger partial charge in [0.2, 0.25) is 0 Å². The molecule has 5 nitrogen and oxygen atoms in total. The number of carbonyl (C=O) groups is 1. The number of aromatic nitrogens is 2. The first-order chi connectivity index (χ1) is 10.7. The molecular formula is C16H21N3O2S. The van der Waals surface area contributed by atoms with E-state index in [2.05, 4.69) is 10.3 Å². The van der Waals surface area contributed by atoms with Gasteiger partial charge in [0, 0.05) is 30.2 Å². The van der Waals surface area contributed by atoms with E-state index in [-0.39, 0.29) is 12.5 Å². The fourth-order valence-corrected chi connectivity index (χ4v) is 2.69. The van der Waals surface area contributed by atoms with E-state index >= 15 is 0 Å². The second-order valence-electron chi connectivity index (χ2n) is 4.98. The summed E-state index contributed by atoms with van der Waals surface area (Å²) >= 11 is 1.57. The van der Waals surface area contributed by atoms with E-state index in [1.807, 2.05) is 36.1 Å². The minimum absolute atomic E-state index is 0.169. The highest BCUT2D eigenvalue weighted by atomic mass is 32.2. The minimum atomic E-state index is -0.483. The predicted octanol–water partition coefficient (Wildman–Crippen LogP) is 2.49. The Morgan fingerprint density at radius 3 is 2.77 bits per heavy atom. The van der Waals surface area contributed by atoms with Gasteiger partial charge in [0.05, 0.1) is 6.10 Å². The summed E-state index contributed by atoms with van der Waals surface area (Å²) in [4.78, 5) is 16.3. The highest BCUT2D eigenvalue weighted by Crippen LogP contribution is 2.18. The SMILES string of the molecule is CCCC(O)CNC(=O)c1ccc(-n2ccnc2SC)cc1. The molecule has 0 fully saturated rings. The van der Waals surface area contributed by atoms with E-state index in [0.717, 1.165) is 17.3 Å². The summed E-state index contributed by atoms with van der Waals surface area (Å²) in [6.07, 6.45) is 6.72. The molecule has 118 valence electrons. The molecule has 1 aromatic carbocycles. The van der Waals surface area contributed by atoms with Crippen LogP contribution in [0.4, 0.5) is 0 Å². The van der Waals surface area contributed by atoms with Gasteiger partial charge in [-0.1, -0.05) is 25.1 Å². The largest absolute Gasteiger partial charge is 0.391 e. The molecule has 1 amide bonds. The van der Waals surface area contributed by atoms with Gasteiger partial charge in [-0.25, -0.2) is 4.98 Å². The average Bonchev–Trinajstić information content (AvgIpc) is 3.01. The molecule has 1 unspecified atom stereocenters. The van der Waals surface area contributed by atoms with Gasteiger partial charge in [-0.2, -0.15) is 0 Å². The minimum Gasteiger partial charge on any atom is -0.391 e. The van der Waals surface area contributed by atoms with Crippen LogP contribution < -0.4 is 5.32 Å². The van der Waals surface area contributed by atoms with Crippen LogP contribution in [0, 0.1) is 0 Å². The fraction of sp³-hybridized carbons (Fsp3) is 0.375. The van der Waals surface area contributed by atoms with Gasteiger partial charge in [0.1, 0.15) is 0 Å². The summed E-state index contributed by atoms with van der Waals surface area (Å²) in [6, 6.07) is 7.33. The van der Waals surface area contributed by atoms with Crippen LogP contribution in [0.25, 0.3) is 5.69 Å². The lowest BCUT2D eigenvalue weighted by atomic mass is 10.1. The second-order valence-corrected chi connectivity index (χ2v) is 5.76. The number of imidazole rings is 1. The second kappa shape index (κ2) is 8.00. The van der Waals surface area contributed by atoms with Crippen molar-refractivity contribution in [3.63, 3.8) is 0 Å². The molecular weight excluding hydrogens is 298 g/mol. The monoisotopic (exact) mass is 319 g/mol. The summed E-state index contributed by atoms with van der Waals surface area (Å²) < 4.78 is 1.97. The van der Waals surface area contributed by atoms with Crippen LogP contribution in [-0.2, 0) is 0 Å². The number of carbonyl (C=O) groups excluding carboxylic acids is 1. The Morgan fingerprint density at radius 1 is 1.41 bits per heavy atom. The van der Waals surface area contributed by atoms with Crippen molar-refractivity contribution >= 4 is 17.7 Å². The topological polar surface area (TPSA) is 67.2 Å². The van der Waals surface area contributed by atoms with Gasteiger partial charge >= 0.3 is 0 Å². The van der Waals surface area contributed by atoms with E-state index < -0.39 is 6.10 Å². The highest BCUT2D eigenvalue weighted by Gasteiger charge is 2.09. The Bertz CT molecular complexity index is 610. The quantitative estimate of drug-likeness (QED) is 0.770. The normalized spacial score (nSPS) is 12.1. The van der Waals surface area contributed by atoms with Crippen molar-refractivity contribution < 1.29 is 9.90 Å². The molecule has 0 spiro atoms. The number of hydrogen-bond acceptors (Lipinski definition) is 4. The third kappa shape index (κ3) is 4.11. The summed E-state index contributed by atoms with van der Waals surface area (Å²) in [5.41, 5.74) is 1.54. The van der Waals surface area contributed by atoms with Crippen molar-refractivity contribution in [2.75, 3.05) is 12.8 Å². The molecule has 0 aliphatic rings. The van der Waals surface area contributed by atoms with Crippen molar-refractivity contribution in [3.05, 3.63) is 42.2 Å². The van der Waals surface area contributed by atoms with Gasteiger partial charge in [-0.3, -0.25) is 9.36 Å². The van der Waals surface area contributed by atoms with Crippen LogP contribution in [0.3, 0.4) is 0 Å². The molecule has 0 saturated heterocycles. The number of aliphatic hydroxyl groups is 1. The maximum Gasteiger partial charge on any atom is 0.251 e. The molecule has 1 atom stereocenters. The number of hydrogen-bond donors (Lipinski definition) is 2. The van der Waals surface area contributed by atoms with Gasteiger partial charge in [0.25, 0.3) is 5.91 Å². The van der Waals surface area contributed by atoms with Gasteiger partial charge in [-0.15, -0.1) is 0 Å². The molecule has 0 radical (unpaired) electrons. The molecule has 2 N–H and O–H groups in total. The lowest BCUT2D eigenvalue weighted by molar-refractivity contribution is 0.0910. The first kappa shape index (κ1) is 16.6. The number of nitrogens with zero attached hydrogens (tertiary/aromatic N) is 2. The number of benzene rings is 1. The highest BCUT2D eigenvalue weighted by molar-refractivity contribution is 7.98. The third-order valence-electron chi connectivity index (χ3n) is 3.32. The Hall–Kier alpha value is -1.79. The van der Waals surface area contributed by atoms with E-state index in [0.29, 0.717) is 12.0 Å². The summed E-state index contributed by atoms with van der Waals surface area (Å²) in [5.74, 6) is -0.169. The maximum atomic E-state index is 12.0. The van der Waals surface area contributed by atoms with E-state index in [4.69, 9.17) is 0 Å². The molecule has 0 bridgehead atoms. The van der Waals surface area contributed by atoms with Crippen LogP contribution in [-0.4, -0.2) is 39.5 Å². The average molecular weight is 319 g/mol. The van der Waals surface area contributed by atoms with Gasteiger partial charge < -0.3 is 10.4 Å². The standard InChI is InChI=1S/C16H21N3O2S/c1-3-4-14(20)11-18-15(21)12-5-7-13(8-6-12)19-10-9-17-16(19)22-2/h5-10,14,20H,3-4,11H2,1-2H3,(H,18,21). The van der Waals surface area contributed by atoms with E-state index in [1.165, 1.54) is 0 Å². The molecule has 6 heteroatoms. The molecule has 2 rings (SSSR count). The molecule has 0 aliphatic heterocycles. The van der Waals surface area contributed by atoms with E-state index in [1.54, 1.807) is 30.1 Å². The predicted molar refractivity (Wildman–Crippen MR) is 88.6 cm³/mol. The van der Waals surface area contributed by atoms with Crippen LogP contribution in [0.5, 0.6) is 0 Å². The first-order valence-electron chi connectivity index (χ1n) is 7.29. The van der Waals surface area contributed by atoms with Gasteiger partial charge in [-0.05, 0) is 36.9 Å². The lowest BCUT2D eigenvalue weighted by Gasteiger charge is -2.11. The van der Waals surface area contributed by atoms with Crippen molar-refractivity contribution in [3.8, 4) is 5.69 Å². The zero-order chi connectivity index (χ0) is 15.9. The number of nitrogens with one attached hydrogen (secondary N) is 1. The smallest absolute Gasteiger partial charge is 0.251 e. The molecule has 22 heavy (non-hydrogen) atoms. The Kier molecular flexibility index (Phi) is 6.03. The lowest BCUT2D eigenvalue weighted by Crippen LogP contribution is -2.31. The third-order valence-corrected chi connectivity index (χ3v) is 3.98. The molecule has 0 saturated carbocycles. The Morgan fingerprint density at radius 2 is 2.14 bits per heavy atom. The summed E-state index contributed by atoms with van der Waals surface area (Å²) in [7, 11) is 0.